The highest BCUT2D eigenvalue weighted by Crippen LogP contribution is 2.07. The number of aliphatic hydroxyl groups excluding tert-OH is 1. The van der Waals surface area contributed by atoms with E-state index in [-0.39, 0.29) is 6.61 Å². The Morgan fingerprint density at radius 3 is 3.00 bits per heavy atom. The summed E-state index contributed by atoms with van der Waals surface area (Å²) in [4.78, 5) is 9.31. The quantitative estimate of drug-likeness (QED) is 0.763. The molecule has 0 spiro atoms. The Morgan fingerprint density at radius 2 is 2.38 bits per heavy atom. The molecule has 0 amide bonds. The van der Waals surface area contributed by atoms with Gasteiger partial charge in [-0.05, 0) is 6.07 Å². The first kappa shape index (κ1) is 10.9. The summed E-state index contributed by atoms with van der Waals surface area (Å²) in [6.45, 7) is 2.20. The van der Waals surface area contributed by atoms with E-state index in [1.807, 2.05) is 6.07 Å². The molecule has 0 radical (unpaired) electrons. The van der Waals surface area contributed by atoms with Crippen LogP contribution in [0.5, 0.6) is 0 Å². The van der Waals surface area contributed by atoms with E-state index in [0.29, 0.717) is 13.1 Å². The third-order valence-electron chi connectivity index (χ3n) is 2.33. The summed E-state index contributed by atoms with van der Waals surface area (Å²) in [5.41, 5.74) is 1.10. The molecular weight excluding hydrogens is 206 g/mol. The van der Waals surface area contributed by atoms with Gasteiger partial charge in [0.15, 0.2) is 0 Å². The van der Waals surface area contributed by atoms with Crippen LogP contribution in [-0.4, -0.2) is 33.1 Å². The molecule has 2 aromatic rings. The number of nitrogens with one attached hydrogen (secondary N) is 1. The summed E-state index contributed by atoms with van der Waals surface area (Å²) in [5, 5.41) is 9.00. The summed E-state index contributed by atoms with van der Waals surface area (Å²) in [5.74, 6) is 0.900. The van der Waals surface area contributed by atoms with Gasteiger partial charge in [-0.1, -0.05) is 0 Å². The van der Waals surface area contributed by atoms with Crippen molar-refractivity contribution in [2.75, 3.05) is 13.2 Å². The van der Waals surface area contributed by atoms with Crippen LogP contribution in [0.3, 0.4) is 0 Å². The smallest absolute Gasteiger partial charge is 0.120 e. The Morgan fingerprint density at radius 1 is 1.44 bits per heavy atom. The molecule has 86 valence electrons. The maximum atomic E-state index is 9.00. The Hall–Kier alpha value is -1.59. The highest BCUT2D eigenvalue weighted by atomic mass is 16.3. The first-order valence-corrected chi connectivity index (χ1v) is 5.21. The molecule has 5 nitrogen and oxygen atoms in total. The van der Waals surface area contributed by atoms with E-state index in [2.05, 4.69) is 14.9 Å². The van der Waals surface area contributed by atoms with Crippen molar-refractivity contribution in [3.63, 3.8) is 0 Å². The number of nitrogens with zero attached hydrogens (tertiary/aromatic N) is 2. The second-order valence-corrected chi connectivity index (χ2v) is 3.60. The average Bonchev–Trinajstić information content (AvgIpc) is 2.91. The van der Waals surface area contributed by atoms with E-state index >= 15 is 0 Å². The number of hydrogen-bond donors (Lipinski definition) is 2. The topological polar surface area (TPSA) is 65.3 Å². The fourth-order valence-corrected chi connectivity index (χ4v) is 1.59. The maximum Gasteiger partial charge on any atom is 0.120 e. The molecule has 0 saturated carbocycles. The van der Waals surface area contributed by atoms with Crippen LogP contribution in [0, 0.1) is 0 Å². The van der Waals surface area contributed by atoms with Crippen molar-refractivity contribution < 1.29 is 9.52 Å². The molecule has 0 fully saturated rings. The molecule has 0 bridgehead atoms. The summed E-state index contributed by atoms with van der Waals surface area (Å²) < 4.78 is 5.02. The van der Waals surface area contributed by atoms with Crippen molar-refractivity contribution in [1.29, 1.82) is 0 Å². The lowest BCUT2D eigenvalue weighted by atomic mass is 10.3. The number of furan rings is 1. The minimum atomic E-state index is 0.137. The monoisotopic (exact) mass is 221 g/mol. The Labute approximate surface area is 93.7 Å². The number of H-pyrrole nitrogens is 1. The normalized spacial score (nSPS) is 11.1. The van der Waals surface area contributed by atoms with E-state index in [9.17, 15) is 0 Å². The molecule has 0 saturated heterocycles. The molecule has 0 unspecified atom stereocenters. The van der Waals surface area contributed by atoms with Crippen LogP contribution in [-0.2, 0) is 13.1 Å². The Kier molecular flexibility index (Phi) is 3.74. The predicted octanol–water partition coefficient (Wildman–Crippen LogP) is 0.997. The van der Waals surface area contributed by atoms with E-state index in [1.165, 1.54) is 0 Å². The van der Waals surface area contributed by atoms with E-state index < -0.39 is 0 Å². The number of imidazole rings is 1. The predicted molar refractivity (Wildman–Crippen MR) is 58.5 cm³/mol. The molecule has 2 heterocycles. The highest BCUT2D eigenvalue weighted by molar-refractivity contribution is 5.05. The fraction of sp³-hybridized carbons (Fsp3) is 0.364. The third kappa shape index (κ3) is 2.95. The minimum Gasteiger partial charge on any atom is -0.472 e. The van der Waals surface area contributed by atoms with Crippen LogP contribution in [0.2, 0.25) is 0 Å². The Bertz CT molecular complexity index is 347. The second-order valence-electron chi connectivity index (χ2n) is 3.60. The highest BCUT2D eigenvalue weighted by Gasteiger charge is 2.08. The van der Waals surface area contributed by atoms with Crippen LogP contribution in [0.4, 0.5) is 0 Å². The zero-order valence-corrected chi connectivity index (χ0v) is 8.97. The van der Waals surface area contributed by atoms with Crippen molar-refractivity contribution in [3.05, 3.63) is 42.4 Å². The average molecular weight is 221 g/mol. The molecule has 2 aromatic heterocycles. The van der Waals surface area contributed by atoms with E-state index in [4.69, 9.17) is 9.52 Å². The summed E-state index contributed by atoms with van der Waals surface area (Å²) in [6, 6.07) is 1.92. The summed E-state index contributed by atoms with van der Waals surface area (Å²) in [6.07, 6.45) is 6.89. The van der Waals surface area contributed by atoms with Crippen LogP contribution >= 0.6 is 0 Å². The largest absolute Gasteiger partial charge is 0.472 e. The van der Waals surface area contributed by atoms with Crippen molar-refractivity contribution in [3.8, 4) is 0 Å². The van der Waals surface area contributed by atoms with Crippen LogP contribution in [0.25, 0.3) is 0 Å². The third-order valence-corrected chi connectivity index (χ3v) is 2.33. The van der Waals surface area contributed by atoms with Gasteiger partial charge in [0.1, 0.15) is 5.82 Å². The molecule has 0 aliphatic heterocycles. The molecule has 2 rings (SSSR count). The second kappa shape index (κ2) is 5.48. The molecule has 0 aliphatic carbocycles. The number of rotatable bonds is 6. The fourth-order valence-electron chi connectivity index (χ4n) is 1.59. The maximum absolute atomic E-state index is 9.00. The lowest BCUT2D eigenvalue weighted by Crippen LogP contribution is -2.26. The molecule has 0 atom stereocenters. The zero-order valence-electron chi connectivity index (χ0n) is 8.97. The van der Waals surface area contributed by atoms with Gasteiger partial charge in [0, 0.05) is 31.0 Å². The van der Waals surface area contributed by atoms with Crippen molar-refractivity contribution in [2.45, 2.75) is 13.1 Å². The molecule has 0 aromatic carbocycles. The lowest BCUT2D eigenvalue weighted by molar-refractivity contribution is 0.181. The van der Waals surface area contributed by atoms with E-state index in [1.54, 1.807) is 24.9 Å². The van der Waals surface area contributed by atoms with Gasteiger partial charge in [0.25, 0.3) is 0 Å². The number of aliphatic hydroxyl groups is 1. The molecule has 5 heteroatoms. The standard InChI is InChI=1S/C11H15N3O2/c15-5-4-14(7-10-1-6-16-9-10)8-11-12-2-3-13-11/h1-3,6,9,15H,4-5,7-8H2,(H,12,13). The molecule has 2 N–H and O–H groups in total. The number of hydrogen-bond acceptors (Lipinski definition) is 4. The van der Waals surface area contributed by atoms with Gasteiger partial charge in [-0.15, -0.1) is 0 Å². The van der Waals surface area contributed by atoms with Gasteiger partial charge < -0.3 is 14.5 Å². The van der Waals surface area contributed by atoms with Gasteiger partial charge in [-0.3, -0.25) is 4.90 Å². The Balaban J connectivity index is 1.94. The van der Waals surface area contributed by atoms with Crippen LogP contribution in [0.15, 0.2) is 35.4 Å². The van der Waals surface area contributed by atoms with Gasteiger partial charge in [0.2, 0.25) is 0 Å². The lowest BCUT2D eigenvalue weighted by Gasteiger charge is -2.18. The van der Waals surface area contributed by atoms with Crippen molar-refractivity contribution in [1.82, 2.24) is 14.9 Å². The van der Waals surface area contributed by atoms with Gasteiger partial charge in [0.05, 0.1) is 25.7 Å². The van der Waals surface area contributed by atoms with Crippen molar-refractivity contribution >= 4 is 0 Å². The van der Waals surface area contributed by atoms with Gasteiger partial charge in [-0.25, -0.2) is 4.98 Å². The van der Waals surface area contributed by atoms with Crippen LogP contribution in [0.1, 0.15) is 11.4 Å². The summed E-state index contributed by atoms with van der Waals surface area (Å²) in [7, 11) is 0. The van der Waals surface area contributed by atoms with E-state index in [0.717, 1.165) is 17.9 Å². The molecule has 0 aliphatic rings. The first-order valence-electron chi connectivity index (χ1n) is 5.21. The molecular formula is C11H15N3O2. The SMILES string of the molecule is OCCN(Cc1ccoc1)Cc1ncc[nH]1. The number of aromatic amines is 1. The van der Waals surface area contributed by atoms with Gasteiger partial charge in [-0.2, -0.15) is 0 Å². The van der Waals surface area contributed by atoms with Crippen LogP contribution < -0.4 is 0 Å². The zero-order chi connectivity index (χ0) is 11.2. The summed E-state index contributed by atoms with van der Waals surface area (Å²) >= 11 is 0. The number of aromatic nitrogens is 2. The van der Waals surface area contributed by atoms with Gasteiger partial charge >= 0.3 is 0 Å². The first-order chi connectivity index (χ1) is 7.88. The molecule has 16 heavy (non-hydrogen) atoms. The van der Waals surface area contributed by atoms with Crippen molar-refractivity contribution in [2.24, 2.45) is 0 Å². The minimum absolute atomic E-state index is 0.137.